The van der Waals surface area contributed by atoms with E-state index in [-0.39, 0.29) is 24.0 Å². The molecule has 0 spiro atoms. The maximum absolute atomic E-state index is 13.1. The quantitative estimate of drug-likeness (QED) is 0.414. The third-order valence-corrected chi connectivity index (χ3v) is 10.7. The molecule has 5 heterocycles. The number of thiazole rings is 1. The number of hydrogen-bond donors (Lipinski definition) is 3. The fraction of sp³-hybridized carbons (Fsp3) is 0.500. The van der Waals surface area contributed by atoms with E-state index in [2.05, 4.69) is 27.0 Å². The Kier molecular flexibility index (Phi) is 6.45. The Morgan fingerprint density at radius 2 is 1.95 bits per heavy atom. The summed E-state index contributed by atoms with van der Waals surface area (Å²) in [4.78, 5) is 15.0. The minimum Gasteiger partial charge on any atom is -0.351 e. The Morgan fingerprint density at radius 3 is 2.62 bits per heavy atom. The third kappa shape index (κ3) is 4.98. The van der Waals surface area contributed by atoms with Gasteiger partial charge in [-0.15, -0.1) is 11.3 Å². The molecule has 13 heteroatoms. The molecule has 2 bridgehead atoms. The van der Waals surface area contributed by atoms with Gasteiger partial charge in [0.15, 0.2) is 5.13 Å². The number of rotatable bonds is 6. The molecule has 2 aromatic heterocycles. The molecular formula is C24H27ClN8O2S2. The molecule has 3 aliphatic rings. The second-order valence-electron chi connectivity index (χ2n) is 10.1. The number of hydrogen-bond acceptors (Lipinski definition) is 10. The van der Waals surface area contributed by atoms with Gasteiger partial charge in [-0.3, -0.25) is 0 Å². The van der Waals surface area contributed by atoms with Gasteiger partial charge in [-0.05, 0) is 50.8 Å². The lowest BCUT2D eigenvalue weighted by Gasteiger charge is -2.45. The van der Waals surface area contributed by atoms with Crippen molar-refractivity contribution in [2.45, 2.75) is 56.0 Å². The van der Waals surface area contributed by atoms with Crippen molar-refractivity contribution in [3.63, 3.8) is 0 Å². The summed E-state index contributed by atoms with van der Waals surface area (Å²) in [6, 6.07) is 7.97. The van der Waals surface area contributed by atoms with Gasteiger partial charge in [0.2, 0.25) is 16.0 Å². The predicted molar refractivity (Wildman–Crippen MR) is 145 cm³/mol. The van der Waals surface area contributed by atoms with Crippen molar-refractivity contribution in [1.82, 2.24) is 24.6 Å². The summed E-state index contributed by atoms with van der Waals surface area (Å²) in [5.74, 6) is 0.979. The Labute approximate surface area is 224 Å². The van der Waals surface area contributed by atoms with Crippen molar-refractivity contribution in [2.75, 3.05) is 23.7 Å². The summed E-state index contributed by atoms with van der Waals surface area (Å²) < 4.78 is 27.7. The number of aryl methyl sites for hydroxylation is 1. The van der Waals surface area contributed by atoms with Crippen LogP contribution in [-0.2, 0) is 10.0 Å². The first kappa shape index (κ1) is 24.8. The molecule has 3 aromatic rings. The molecule has 37 heavy (non-hydrogen) atoms. The molecule has 0 aliphatic carbocycles. The van der Waals surface area contributed by atoms with Crippen molar-refractivity contribution in [3.8, 4) is 6.07 Å². The van der Waals surface area contributed by atoms with Gasteiger partial charge in [0.25, 0.3) is 0 Å². The lowest BCUT2D eigenvalue weighted by Crippen LogP contribution is -2.60. The van der Waals surface area contributed by atoms with E-state index < -0.39 is 15.3 Å². The standard InChI is InChI=1S/C24H27ClN8O2S2/c1-13-10-27-24(36-13)32-22-20-3-2-15(25)4-21(20)30-23(31-22)29-16-5-17-7-19(8-18(6-16)28-17)37(34,35)33-11-14(9-26)12-33/h2-4,10,14,16-19,28H,5-8,11-12H2,1H3,(H2,27,29,30,31,32)/t16?,17-,18+,19?. The van der Waals surface area contributed by atoms with Gasteiger partial charge >= 0.3 is 0 Å². The van der Waals surface area contributed by atoms with E-state index in [0.717, 1.165) is 33.8 Å². The van der Waals surface area contributed by atoms with Crippen LogP contribution in [0.15, 0.2) is 24.4 Å². The topological polar surface area (TPSA) is 136 Å². The Bertz CT molecular complexity index is 1470. The summed E-state index contributed by atoms with van der Waals surface area (Å²) >= 11 is 7.81. The molecule has 0 amide bonds. The zero-order valence-electron chi connectivity index (χ0n) is 20.2. The Balaban J connectivity index is 1.18. The number of aromatic nitrogens is 3. The zero-order valence-corrected chi connectivity index (χ0v) is 22.6. The number of halogens is 1. The van der Waals surface area contributed by atoms with Gasteiger partial charge in [0, 0.05) is 52.7 Å². The molecule has 1 aromatic carbocycles. The van der Waals surface area contributed by atoms with Gasteiger partial charge in [-0.25, -0.2) is 18.4 Å². The second kappa shape index (κ2) is 9.63. The SMILES string of the molecule is Cc1cnc(Nc2nc(NC3C[C@@H]4CC(S(=O)(=O)N5CC(C#N)C5)C[C@H](C3)N4)nc3cc(Cl)ccc23)s1. The Morgan fingerprint density at radius 1 is 1.19 bits per heavy atom. The average molecular weight is 559 g/mol. The van der Waals surface area contributed by atoms with Crippen molar-refractivity contribution < 1.29 is 8.42 Å². The summed E-state index contributed by atoms with van der Waals surface area (Å²) in [5, 5.41) is 21.2. The molecule has 6 rings (SSSR count). The van der Waals surface area contributed by atoms with Crippen molar-refractivity contribution in [3.05, 3.63) is 34.3 Å². The van der Waals surface area contributed by atoms with E-state index in [9.17, 15) is 8.42 Å². The number of benzene rings is 1. The van der Waals surface area contributed by atoms with Crippen LogP contribution in [0, 0.1) is 24.2 Å². The lowest BCUT2D eigenvalue weighted by molar-refractivity contribution is 0.211. The number of anilines is 3. The van der Waals surface area contributed by atoms with E-state index in [4.69, 9.17) is 26.8 Å². The summed E-state index contributed by atoms with van der Waals surface area (Å²) in [6.45, 7) is 2.65. The lowest BCUT2D eigenvalue weighted by atomic mass is 9.84. The fourth-order valence-corrected chi connectivity index (χ4v) is 8.55. The van der Waals surface area contributed by atoms with Gasteiger partial charge < -0.3 is 16.0 Å². The highest BCUT2D eigenvalue weighted by Crippen LogP contribution is 2.35. The highest BCUT2D eigenvalue weighted by atomic mass is 35.5. The highest BCUT2D eigenvalue weighted by molar-refractivity contribution is 7.89. The largest absolute Gasteiger partial charge is 0.351 e. The van der Waals surface area contributed by atoms with E-state index in [1.54, 1.807) is 11.3 Å². The maximum Gasteiger partial charge on any atom is 0.225 e. The molecule has 4 atom stereocenters. The van der Waals surface area contributed by atoms with Crippen LogP contribution < -0.4 is 16.0 Å². The van der Waals surface area contributed by atoms with Crippen LogP contribution >= 0.6 is 22.9 Å². The summed E-state index contributed by atoms with van der Waals surface area (Å²) in [5.41, 5.74) is 0.728. The molecule has 0 radical (unpaired) electrons. The van der Waals surface area contributed by atoms with E-state index >= 15 is 0 Å². The molecule has 3 saturated heterocycles. The molecule has 2 unspecified atom stereocenters. The van der Waals surface area contributed by atoms with Crippen LogP contribution in [0.25, 0.3) is 10.9 Å². The van der Waals surface area contributed by atoms with E-state index in [1.165, 1.54) is 4.31 Å². The number of piperidine rings is 2. The molecule has 3 aliphatic heterocycles. The van der Waals surface area contributed by atoms with Crippen LogP contribution in [0.2, 0.25) is 5.02 Å². The number of nitrogens with zero attached hydrogens (tertiary/aromatic N) is 5. The summed E-state index contributed by atoms with van der Waals surface area (Å²) in [7, 11) is -3.38. The second-order valence-corrected chi connectivity index (χ2v) is 14.0. The van der Waals surface area contributed by atoms with Gasteiger partial charge in [0.05, 0.1) is 22.8 Å². The van der Waals surface area contributed by atoms with Gasteiger partial charge in [-0.1, -0.05) is 11.6 Å². The smallest absolute Gasteiger partial charge is 0.225 e. The molecule has 0 saturated carbocycles. The van der Waals surface area contributed by atoms with Crippen molar-refractivity contribution in [2.24, 2.45) is 5.92 Å². The molecule has 10 nitrogen and oxygen atoms in total. The first-order chi connectivity index (χ1) is 17.8. The number of nitriles is 1. The first-order valence-electron chi connectivity index (χ1n) is 12.3. The van der Waals surface area contributed by atoms with Crippen LogP contribution in [0.5, 0.6) is 0 Å². The van der Waals surface area contributed by atoms with Crippen molar-refractivity contribution >= 4 is 60.8 Å². The highest BCUT2D eigenvalue weighted by Gasteiger charge is 2.46. The average Bonchev–Trinajstić information content (AvgIpc) is 3.21. The third-order valence-electron chi connectivity index (χ3n) is 7.35. The monoisotopic (exact) mass is 558 g/mol. The molecule has 3 fully saturated rings. The van der Waals surface area contributed by atoms with Crippen LogP contribution in [0.1, 0.15) is 30.6 Å². The van der Waals surface area contributed by atoms with E-state index in [0.29, 0.717) is 42.7 Å². The van der Waals surface area contributed by atoms with Crippen molar-refractivity contribution in [1.29, 1.82) is 5.26 Å². The molecular weight excluding hydrogens is 532 g/mol. The van der Waals surface area contributed by atoms with Gasteiger partial charge in [0.1, 0.15) is 5.82 Å². The minimum absolute atomic E-state index is 0.0867. The van der Waals surface area contributed by atoms with Crippen LogP contribution in [0.4, 0.5) is 16.9 Å². The fourth-order valence-electron chi connectivity index (χ4n) is 5.57. The maximum atomic E-state index is 13.1. The van der Waals surface area contributed by atoms with Crippen LogP contribution in [0.3, 0.4) is 0 Å². The predicted octanol–water partition coefficient (Wildman–Crippen LogP) is 3.64. The van der Waals surface area contributed by atoms with Gasteiger partial charge in [-0.2, -0.15) is 14.6 Å². The minimum atomic E-state index is -3.38. The Hall–Kier alpha value is -2.56. The molecule has 3 N–H and O–H groups in total. The number of sulfonamides is 1. The van der Waals surface area contributed by atoms with Crippen LogP contribution in [-0.4, -0.2) is 64.1 Å². The zero-order chi connectivity index (χ0) is 25.7. The van der Waals surface area contributed by atoms with E-state index in [1.807, 2.05) is 31.3 Å². The number of nitrogens with one attached hydrogen (secondary N) is 3. The summed E-state index contributed by atoms with van der Waals surface area (Å²) in [6.07, 6.45) is 4.49. The number of fused-ring (bicyclic) bond motifs is 3. The molecule has 194 valence electrons. The normalized spacial score (nSPS) is 26.4. The first-order valence-corrected chi connectivity index (χ1v) is 15.0.